The third-order valence-corrected chi connectivity index (χ3v) is 3.96. The molecule has 2 aromatic heterocycles. The summed E-state index contributed by atoms with van der Waals surface area (Å²) in [6.07, 6.45) is 1.36. The van der Waals surface area contributed by atoms with E-state index in [1.54, 1.807) is 0 Å². The molecule has 7 nitrogen and oxygen atoms in total. The number of nitrogens with one attached hydrogen (secondary N) is 1. The van der Waals surface area contributed by atoms with Crippen LogP contribution in [-0.4, -0.2) is 39.6 Å². The number of nitrogens with zero attached hydrogens (tertiary/aromatic N) is 4. The van der Waals surface area contributed by atoms with Gasteiger partial charge in [0.05, 0.1) is 25.5 Å². The SMILES string of the molecule is Cc1cc(Nc2ncn(-c3cc(F)cc(F)c3)n2)nc(OCC2COC2)c1. The fourth-order valence-electron chi connectivity index (χ4n) is 2.59. The maximum Gasteiger partial charge on any atom is 0.248 e. The van der Waals surface area contributed by atoms with Gasteiger partial charge in [0.1, 0.15) is 23.8 Å². The van der Waals surface area contributed by atoms with E-state index in [2.05, 4.69) is 20.4 Å². The van der Waals surface area contributed by atoms with Gasteiger partial charge in [0, 0.05) is 18.1 Å². The van der Waals surface area contributed by atoms with Crippen LogP contribution < -0.4 is 10.1 Å². The minimum Gasteiger partial charge on any atom is -0.477 e. The summed E-state index contributed by atoms with van der Waals surface area (Å²) in [4.78, 5) is 8.49. The van der Waals surface area contributed by atoms with Crippen molar-refractivity contribution >= 4 is 11.8 Å². The summed E-state index contributed by atoms with van der Waals surface area (Å²) in [5.41, 5.74) is 1.19. The highest BCUT2D eigenvalue weighted by atomic mass is 19.1. The van der Waals surface area contributed by atoms with Crippen LogP contribution in [0.15, 0.2) is 36.7 Å². The van der Waals surface area contributed by atoms with Gasteiger partial charge in [-0.3, -0.25) is 0 Å². The van der Waals surface area contributed by atoms with Gasteiger partial charge in [0.15, 0.2) is 0 Å². The first-order valence-electron chi connectivity index (χ1n) is 8.39. The summed E-state index contributed by atoms with van der Waals surface area (Å²) in [6, 6.07) is 6.80. The summed E-state index contributed by atoms with van der Waals surface area (Å²) >= 11 is 0. The molecule has 0 spiro atoms. The molecule has 3 heterocycles. The predicted molar refractivity (Wildman–Crippen MR) is 93.3 cm³/mol. The van der Waals surface area contributed by atoms with E-state index in [0.29, 0.717) is 37.4 Å². The van der Waals surface area contributed by atoms with E-state index in [-0.39, 0.29) is 11.6 Å². The molecule has 9 heteroatoms. The summed E-state index contributed by atoms with van der Waals surface area (Å²) < 4.78 is 38.8. The Kier molecular flexibility index (Phi) is 4.68. The first-order valence-corrected chi connectivity index (χ1v) is 8.39. The second-order valence-electron chi connectivity index (χ2n) is 6.35. The molecule has 0 bridgehead atoms. The van der Waals surface area contributed by atoms with Crippen LogP contribution in [-0.2, 0) is 4.74 Å². The van der Waals surface area contributed by atoms with Crippen LogP contribution in [0.2, 0.25) is 0 Å². The fourth-order valence-corrected chi connectivity index (χ4v) is 2.59. The van der Waals surface area contributed by atoms with Gasteiger partial charge in [-0.2, -0.15) is 9.97 Å². The third kappa shape index (κ3) is 4.20. The lowest BCUT2D eigenvalue weighted by atomic mass is 10.1. The molecule has 3 aromatic rings. The van der Waals surface area contributed by atoms with Crippen LogP contribution in [0.1, 0.15) is 5.56 Å². The zero-order chi connectivity index (χ0) is 18.8. The van der Waals surface area contributed by atoms with E-state index in [4.69, 9.17) is 9.47 Å². The van der Waals surface area contributed by atoms with Gasteiger partial charge in [-0.15, -0.1) is 5.10 Å². The largest absolute Gasteiger partial charge is 0.477 e. The Morgan fingerprint density at radius 3 is 2.67 bits per heavy atom. The van der Waals surface area contributed by atoms with E-state index < -0.39 is 11.6 Å². The van der Waals surface area contributed by atoms with Crippen LogP contribution in [0.3, 0.4) is 0 Å². The molecule has 0 unspecified atom stereocenters. The van der Waals surface area contributed by atoms with Crippen LogP contribution in [0, 0.1) is 24.5 Å². The van der Waals surface area contributed by atoms with E-state index >= 15 is 0 Å². The average Bonchev–Trinajstić information content (AvgIpc) is 3.00. The molecular weight excluding hydrogens is 356 g/mol. The fraction of sp³-hybridized carbons (Fsp3) is 0.278. The van der Waals surface area contributed by atoms with Gasteiger partial charge in [0.2, 0.25) is 11.8 Å². The van der Waals surface area contributed by atoms with Crippen molar-refractivity contribution in [3.05, 3.63) is 53.9 Å². The summed E-state index contributed by atoms with van der Waals surface area (Å²) in [5, 5.41) is 7.15. The monoisotopic (exact) mass is 373 g/mol. The molecule has 140 valence electrons. The van der Waals surface area contributed by atoms with Gasteiger partial charge in [0.25, 0.3) is 0 Å². The number of hydrogen-bond donors (Lipinski definition) is 1. The molecule has 1 aliphatic heterocycles. The molecule has 0 amide bonds. The number of hydrogen-bond acceptors (Lipinski definition) is 6. The lowest BCUT2D eigenvalue weighted by Crippen LogP contribution is -2.32. The minimum absolute atomic E-state index is 0.233. The Morgan fingerprint density at radius 2 is 1.96 bits per heavy atom. The van der Waals surface area contributed by atoms with E-state index in [0.717, 1.165) is 11.6 Å². The van der Waals surface area contributed by atoms with Gasteiger partial charge in [-0.25, -0.2) is 13.5 Å². The van der Waals surface area contributed by atoms with Crippen molar-refractivity contribution in [2.75, 3.05) is 25.1 Å². The summed E-state index contributed by atoms with van der Waals surface area (Å²) in [6.45, 7) is 3.89. The normalized spacial score (nSPS) is 14.0. The van der Waals surface area contributed by atoms with Crippen molar-refractivity contribution in [3.8, 4) is 11.6 Å². The molecule has 1 N–H and O–H groups in total. The quantitative estimate of drug-likeness (QED) is 0.716. The number of anilines is 2. The van der Waals surface area contributed by atoms with Gasteiger partial charge in [-0.05, 0) is 30.7 Å². The standard InChI is InChI=1S/C18H17F2N5O2/c1-11-2-16(22-17(3-11)27-9-12-7-26-8-12)23-18-21-10-25(24-18)15-5-13(19)4-14(20)6-15/h2-6,10,12H,7-9H2,1H3,(H,22,23,24). The second kappa shape index (κ2) is 7.28. The van der Waals surface area contributed by atoms with Crippen molar-refractivity contribution in [2.24, 2.45) is 5.92 Å². The zero-order valence-corrected chi connectivity index (χ0v) is 14.5. The van der Waals surface area contributed by atoms with Crippen LogP contribution >= 0.6 is 0 Å². The summed E-state index contributed by atoms with van der Waals surface area (Å²) in [5.74, 6) is 0.279. The third-order valence-electron chi connectivity index (χ3n) is 3.96. The first kappa shape index (κ1) is 17.3. The first-order chi connectivity index (χ1) is 13.0. The van der Waals surface area contributed by atoms with Crippen molar-refractivity contribution < 1.29 is 18.3 Å². The van der Waals surface area contributed by atoms with E-state index in [1.165, 1.54) is 23.1 Å². The average molecular weight is 373 g/mol. The molecule has 1 saturated heterocycles. The van der Waals surface area contributed by atoms with Gasteiger partial charge in [-0.1, -0.05) is 0 Å². The predicted octanol–water partition coefficient (Wildman–Crippen LogP) is 3.02. The minimum atomic E-state index is -0.686. The van der Waals surface area contributed by atoms with Crippen molar-refractivity contribution in [3.63, 3.8) is 0 Å². The molecule has 1 aliphatic rings. The Morgan fingerprint density at radius 1 is 1.19 bits per heavy atom. The molecular formula is C18H17F2N5O2. The highest BCUT2D eigenvalue weighted by molar-refractivity contribution is 5.50. The summed E-state index contributed by atoms with van der Waals surface area (Å²) in [7, 11) is 0. The molecule has 0 saturated carbocycles. The molecule has 4 rings (SSSR count). The number of ether oxygens (including phenoxy) is 2. The lowest BCUT2D eigenvalue weighted by Gasteiger charge is -2.25. The van der Waals surface area contributed by atoms with Gasteiger partial charge < -0.3 is 14.8 Å². The Balaban J connectivity index is 1.48. The number of aryl methyl sites for hydroxylation is 1. The van der Waals surface area contributed by atoms with Crippen LogP contribution in [0.5, 0.6) is 5.88 Å². The number of rotatable bonds is 6. The molecule has 0 atom stereocenters. The van der Waals surface area contributed by atoms with Crippen molar-refractivity contribution in [1.82, 2.24) is 19.7 Å². The number of aromatic nitrogens is 4. The maximum absolute atomic E-state index is 13.4. The number of benzene rings is 1. The molecule has 0 radical (unpaired) electrons. The molecule has 27 heavy (non-hydrogen) atoms. The maximum atomic E-state index is 13.4. The Labute approximate surface area is 154 Å². The lowest BCUT2D eigenvalue weighted by molar-refractivity contribution is -0.0514. The highest BCUT2D eigenvalue weighted by Gasteiger charge is 2.19. The number of pyridine rings is 1. The zero-order valence-electron chi connectivity index (χ0n) is 14.5. The molecule has 0 aliphatic carbocycles. The van der Waals surface area contributed by atoms with E-state index in [1.807, 2.05) is 19.1 Å². The van der Waals surface area contributed by atoms with Gasteiger partial charge >= 0.3 is 0 Å². The Hall–Kier alpha value is -3.07. The van der Waals surface area contributed by atoms with Crippen molar-refractivity contribution in [2.45, 2.75) is 6.92 Å². The van der Waals surface area contributed by atoms with Crippen molar-refractivity contribution in [1.29, 1.82) is 0 Å². The van der Waals surface area contributed by atoms with Crippen LogP contribution in [0.25, 0.3) is 5.69 Å². The van der Waals surface area contributed by atoms with E-state index in [9.17, 15) is 8.78 Å². The highest BCUT2D eigenvalue weighted by Crippen LogP contribution is 2.20. The smallest absolute Gasteiger partial charge is 0.248 e. The molecule has 1 fully saturated rings. The Bertz CT molecular complexity index is 938. The second-order valence-corrected chi connectivity index (χ2v) is 6.35. The van der Waals surface area contributed by atoms with Crippen LogP contribution in [0.4, 0.5) is 20.5 Å². The molecule has 1 aromatic carbocycles. The topological polar surface area (TPSA) is 74.1 Å². The number of halogens is 2.